The molecule has 1 amide bonds. The van der Waals surface area contributed by atoms with Crippen molar-refractivity contribution in [3.63, 3.8) is 0 Å². The number of hydrogen-bond acceptors (Lipinski definition) is 2. The fourth-order valence-electron chi connectivity index (χ4n) is 1.22. The summed E-state index contributed by atoms with van der Waals surface area (Å²) in [6.45, 7) is 1.83. The van der Waals surface area contributed by atoms with E-state index >= 15 is 0 Å². The normalized spacial score (nSPS) is 19.3. The molecule has 0 atom stereocenters. The van der Waals surface area contributed by atoms with E-state index in [-0.39, 0.29) is 5.91 Å². The predicted molar refractivity (Wildman–Crippen MR) is 44.3 cm³/mol. The maximum absolute atomic E-state index is 11.1. The van der Waals surface area contributed by atoms with Crippen molar-refractivity contribution in [3.8, 4) is 0 Å². The van der Waals surface area contributed by atoms with Gasteiger partial charge in [0.25, 0.3) is 0 Å². The number of amides is 1. The number of hydrogen-bond donors (Lipinski definition) is 1. The number of carbonyl (C=O) groups excluding carboxylic acids is 1. The summed E-state index contributed by atoms with van der Waals surface area (Å²) in [5.41, 5.74) is 0.890. The molecular weight excluding hydrogens is 140 g/mol. The summed E-state index contributed by atoms with van der Waals surface area (Å²) < 4.78 is 0. The van der Waals surface area contributed by atoms with E-state index in [2.05, 4.69) is 10.2 Å². The zero-order valence-corrected chi connectivity index (χ0v) is 7.05. The number of nitrogens with zero attached hydrogens (tertiary/aromatic N) is 1. The molecule has 1 rings (SSSR count). The van der Waals surface area contributed by atoms with Gasteiger partial charge in [0, 0.05) is 25.7 Å². The van der Waals surface area contributed by atoms with Crippen molar-refractivity contribution in [1.29, 1.82) is 0 Å². The number of carbonyl (C=O) groups is 1. The Morgan fingerprint density at radius 3 is 3.00 bits per heavy atom. The van der Waals surface area contributed by atoms with Crippen LogP contribution in [-0.2, 0) is 4.79 Å². The van der Waals surface area contributed by atoms with E-state index in [0.717, 1.165) is 25.1 Å². The molecule has 0 unspecified atom stereocenters. The maximum atomic E-state index is 11.1. The molecule has 0 spiro atoms. The van der Waals surface area contributed by atoms with Gasteiger partial charge in [-0.2, -0.15) is 0 Å². The molecule has 0 radical (unpaired) electrons. The van der Waals surface area contributed by atoms with Gasteiger partial charge in [-0.25, -0.2) is 0 Å². The highest BCUT2D eigenvalue weighted by atomic mass is 16.1. The van der Waals surface area contributed by atoms with Gasteiger partial charge in [-0.05, 0) is 13.5 Å². The molecule has 1 heterocycles. The maximum Gasteiger partial charge on any atom is 0.247 e. The fourth-order valence-corrected chi connectivity index (χ4v) is 1.22. The molecule has 62 valence electrons. The molecule has 11 heavy (non-hydrogen) atoms. The third-order valence-electron chi connectivity index (χ3n) is 1.86. The number of likely N-dealkylation sites (N-methyl/N-ethyl adjacent to an activating group) is 2. The Labute approximate surface area is 67.1 Å². The van der Waals surface area contributed by atoms with E-state index in [0.29, 0.717) is 0 Å². The van der Waals surface area contributed by atoms with Gasteiger partial charge in [-0.15, -0.1) is 0 Å². The SMILES string of the molecule is CNC(=O)C1=CCCN(C)C1. The molecule has 0 saturated heterocycles. The molecule has 3 heteroatoms. The molecule has 0 aromatic carbocycles. The van der Waals surface area contributed by atoms with E-state index in [9.17, 15) is 4.79 Å². The summed E-state index contributed by atoms with van der Waals surface area (Å²) in [6, 6.07) is 0. The molecule has 0 aliphatic carbocycles. The first-order valence-corrected chi connectivity index (χ1v) is 3.83. The molecular formula is C8H14N2O. The first-order chi connectivity index (χ1) is 5.24. The lowest BCUT2D eigenvalue weighted by molar-refractivity contribution is -0.117. The number of nitrogens with one attached hydrogen (secondary N) is 1. The molecule has 1 N–H and O–H groups in total. The van der Waals surface area contributed by atoms with Crippen LogP contribution >= 0.6 is 0 Å². The lowest BCUT2D eigenvalue weighted by Crippen LogP contribution is -2.32. The average Bonchev–Trinajstić information content (AvgIpc) is 2.03. The third kappa shape index (κ3) is 2.05. The minimum absolute atomic E-state index is 0.0524. The Morgan fingerprint density at radius 2 is 2.45 bits per heavy atom. The average molecular weight is 154 g/mol. The minimum Gasteiger partial charge on any atom is -0.355 e. The van der Waals surface area contributed by atoms with E-state index in [1.165, 1.54) is 0 Å². The molecule has 0 aromatic heterocycles. The minimum atomic E-state index is 0.0524. The monoisotopic (exact) mass is 154 g/mol. The molecule has 1 aliphatic heterocycles. The second-order valence-corrected chi connectivity index (χ2v) is 2.83. The summed E-state index contributed by atoms with van der Waals surface area (Å²) in [4.78, 5) is 13.2. The summed E-state index contributed by atoms with van der Waals surface area (Å²) in [5.74, 6) is 0.0524. The lowest BCUT2D eigenvalue weighted by Gasteiger charge is -2.21. The highest BCUT2D eigenvalue weighted by molar-refractivity contribution is 5.93. The highest BCUT2D eigenvalue weighted by Crippen LogP contribution is 2.06. The number of rotatable bonds is 1. The topological polar surface area (TPSA) is 32.3 Å². The zero-order chi connectivity index (χ0) is 8.27. The van der Waals surface area contributed by atoms with Crippen LogP contribution in [0.4, 0.5) is 0 Å². The first-order valence-electron chi connectivity index (χ1n) is 3.83. The van der Waals surface area contributed by atoms with Crippen LogP contribution in [0.1, 0.15) is 6.42 Å². The van der Waals surface area contributed by atoms with Crippen LogP contribution in [0.15, 0.2) is 11.6 Å². The largest absolute Gasteiger partial charge is 0.355 e. The van der Waals surface area contributed by atoms with E-state index in [1.807, 2.05) is 13.1 Å². The summed E-state index contributed by atoms with van der Waals surface area (Å²) in [6.07, 6.45) is 3.00. The fraction of sp³-hybridized carbons (Fsp3) is 0.625. The van der Waals surface area contributed by atoms with Crippen LogP contribution in [-0.4, -0.2) is 38.0 Å². The Hall–Kier alpha value is -0.830. The van der Waals surface area contributed by atoms with Crippen LogP contribution in [0.25, 0.3) is 0 Å². The highest BCUT2D eigenvalue weighted by Gasteiger charge is 2.13. The van der Waals surface area contributed by atoms with Gasteiger partial charge in [-0.1, -0.05) is 6.08 Å². The summed E-state index contributed by atoms with van der Waals surface area (Å²) in [5, 5.41) is 2.62. The van der Waals surface area contributed by atoms with Crippen molar-refractivity contribution < 1.29 is 4.79 Å². The van der Waals surface area contributed by atoms with Crippen molar-refractivity contribution in [1.82, 2.24) is 10.2 Å². The van der Waals surface area contributed by atoms with Crippen LogP contribution in [0.3, 0.4) is 0 Å². The second-order valence-electron chi connectivity index (χ2n) is 2.83. The van der Waals surface area contributed by atoms with Crippen LogP contribution in [0.5, 0.6) is 0 Å². The first kappa shape index (κ1) is 8.27. The molecule has 0 saturated carbocycles. The van der Waals surface area contributed by atoms with Crippen molar-refractivity contribution in [2.45, 2.75) is 6.42 Å². The lowest BCUT2D eigenvalue weighted by atomic mass is 10.1. The van der Waals surface area contributed by atoms with Crippen LogP contribution in [0.2, 0.25) is 0 Å². The van der Waals surface area contributed by atoms with Gasteiger partial charge in [0.05, 0.1) is 0 Å². The van der Waals surface area contributed by atoms with Gasteiger partial charge < -0.3 is 10.2 Å². The third-order valence-corrected chi connectivity index (χ3v) is 1.86. The zero-order valence-electron chi connectivity index (χ0n) is 7.05. The van der Waals surface area contributed by atoms with Gasteiger partial charge >= 0.3 is 0 Å². The smallest absolute Gasteiger partial charge is 0.247 e. The van der Waals surface area contributed by atoms with Gasteiger partial charge in [0.1, 0.15) is 0 Å². The van der Waals surface area contributed by atoms with Crippen molar-refractivity contribution >= 4 is 5.91 Å². The van der Waals surface area contributed by atoms with Gasteiger partial charge in [0.15, 0.2) is 0 Å². The van der Waals surface area contributed by atoms with Crippen molar-refractivity contribution in [3.05, 3.63) is 11.6 Å². The van der Waals surface area contributed by atoms with Crippen LogP contribution in [0, 0.1) is 0 Å². The standard InChI is InChI=1S/C8H14N2O/c1-9-8(11)7-4-3-5-10(2)6-7/h4H,3,5-6H2,1-2H3,(H,9,11). The van der Waals surface area contributed by atoms with Crippen LogP contribution < -0.4 is 5.32 Å². The van der Waals surface area contributed by atoms with Crippen molar-refractivity contribution in [2.24, 2.45) is 0 Å². The Kier molecular flexibility index (Phi) is 2.65. The Bertz CT molecular complexity index is 187. The quantitative estimate of drug-likeness (QED) is 0.576. The van der Waals surface area contributed by atoms with Gasteiger partial charge in [0.2, 0.25) is 5.91 Å². The van der Waals surface area contributed by atoms with E-state index in [1.54, 1.807) is 7.05 Å². The molecule has 0 fully saturated rings. The molecule has 1 aliphatic rings. The Morgan fingerprint density at radius 1 is 1.73 bits per heavy atom. The molecule has 3 nitrogen and oxygen atoms in total. The van der Waals surface area contributed by atoms with E-state index in [4.69, 9.17) is 0 Å². The van der Waals surface area contributed by atoms with Crippen molar-refractivity contribution in [2.75, 3.05) is 27.2 Å². The van der Waals surface area contributed by atoms with Gasteiger partial charge in [-0.3, -0.25) is 4.79 Å². The molecule has 0 bridgehead atoms. The molecule has 0 aromatic rings. The predicted octanol–water partition coefficient (Wildman–Crippen LogP) is -0.00570. The summed E-state index contributed by atoms with van der Waals surface area (Å²) >= 11 is 0. The summed E-state index contributed by atoms with van der Waals surface area (Å²) in [7, 11) is 3.69. The second kappa shape index (κ2) is 3.53. The van der Waals surface area contributed by atoms with E-state index < -0.39 is 0 Å². The Balaban J connectivity index is 2.57.